The topological polar surface area (TPSA) is 111 Å². The van der Waals surface area contributed by atoms with E-state index in [2.05, 4.69) is 21.7 Å². The third-order valence-corrected chi connectivity index (χ3v) is 4.52. The van der Waals surface area contributed by atoms with Gasteiger partial charge in [0.2, 0.25) is 0 Å². The summed E-state index contributed by atoms with van der Waals surface area (Å²) in [6.45, 7) is 1.82. The van der Waals surface area contributed by atoms with Crippen LogP contribution in [0.4, 0.5) is 0 Å². The Hall–Kier alpha value is -3.26. The van der Waals surface area contributed by atoms with E-state index < -0.39 is 12.1 Å². The normalized spacial score (nSPS) is 17.6. The highest BCUT2D eigenvalue weighted by molar-refractivity contribution is 5.81. The van der Waals surface area contributed by atoms with Gasteiger partial charge in [-0.05, 0) is 36.2 Å². The number of ether oxygens (including phenoxy) is 1. The molecule has 1 aliphatic heterocycles. The summed E-state index contributed by atoms with van der Waals surface area (Å²) in [5.74, 6) is -0.263. The number of hydrogen-bond donors (Lipinski definition) is 2. The average Bonchev–Trinajstić information content (AvgIpc) is 3.03. The number of rotatable bonds is 5. The van der Waals surface area contributed by atoms with Crippen molar-refractivity contribution in [1.29, 1.82) is 10.5 Å². The van der Waals surface area contributed by atoms with Crippen molar-refractivity contribution >= 4 is 5.91 Å². The van der Waals surface area contributed by atoms with Crippen LogP contribution in [-0.4, -0.2) is 42.7 Å². The first-order valence-corrected chi connectivity index (χ1v) is 9.17. The van der Waals surface area contributed by atoms with Gasteiger partial charge in [-0.3, -0.25) is 4.79 Å². The van der Waals surface area contributed by atoms with E-state index in [1.54, 1.807) is 12.3 Å². The van der Waals surface area contributed by atoms with Crippen LogP contribution in [0.5, 0.6) is 0 Å². The van der Waals surface area contributed by atoms with Crippen LogP contribution in [0, 0.1) is 22.7 Å². The second-order valence-corrected chi connectivity index (χ2v) is 6.55. The van der Waals surface area contributed by atoms with Gasteiger partial charge in [0.25, 0.3) is 5.91 Å². The molecule has 1 aromatic carbocycles. The van der Waals surface area contributed by atoms with E-state index in [0.29, 0.717) is 25.3 Å². The highest BCUT2D eigenvalue weighted by Crippen LogP contribution is 2.19. The molecule has 7 heteroatoms. The first kappa shape index (κ1) is 19.5. The number of aromatic nitrogens is 1. The molecule has 1 unspecified atom stereocenters. The molecule has 0 aliphatic carbocycles. The molecule has 1 fully saturated rings. The maximum Gasteiger partial charge on any atom is 0.251 e. The molecule has 0 bridgehead atoms. The van der Waals surface area contributed by atoms with Gasteiger partial charge in [0, 0.05) is 31.3 Å². The van der Waals surface area contributed by atoms with E-state index in [4.69, 9.17) is 10.00 Å². The van der Waals surface area contributed by atoms with E-state index in [-0.39, 0.29) is 5.91 Å². The lowest BCUT2D eigenvalue weighted by molar-refractivity contribution is -0.132. The van der Waals surface area contributed by atoms with Crippen LogP contribution >= 0.6 is 0 Å². The Morgan fingerprint density at radius 2 is 2.04 bits per heavy atom. The smallest absolute Gasteiger partial charge is 0.251 e. The zero-order chi connectivity index (χ0) is 19.8. The third kappa shape index (κ3) is 5.14. The van der Waals surface area contributed by atoms with Gasteiger partial charge in [0.05, 0.1) is 6.07 Å². The van der Waals surface area contributed by atoms with E-state index in [9.17, 15) is 10.1 Å². The van der Waals surface area contributed by atoms with Gasteiger partial charge in [-0.1, -0.05) is 24.3 Å². The molecule has 2 heterocycles. The summed E-state index contributed by atoms with van der Waals surface area (Å²) in [6, 6.07) is 14.8. The number of nitrogens with one attached hydrogen (secondary N) is 2. The minimum atomic E-state index is -0.623. The second-order valence-electron chi connectivity index (χ2n) is 6.55. The Labute approximate surface area is 164 Å². The lowest BCUT2D eigenvalue weighted by atomic mass is 10.0. The van der Waals surface area contributed by atoms with Crippen LogP contribution in [0.25, 0.3) is 11.1 Å². The minimum absolute atomic E-state index is 0.263. The molecule has 0 spiro atoms. The predicted molar refractivity (Wildman–Crippen MR) is 103 cm³/mol. The number of pyridine rings is 1. The van der Waals surface area contributed by atoms with E-state index in [1.807, 2.05) is 36.4 Å². The van der Waals surface area contributed by atoms with Crippen molar-refractivity contribution in [3.05, 3.63) is 53.9 Å². The predicted octanol–water partition coefficient (Wildman–Crippen LogP) is 1.55. The summed E-state index contributed by atoms with van der Waals surface area (Å²) in [7, 11) is 0. The molecule has 1 saturated heterocycles. The number of amides is 1. The molecule has 2 aromatic rings. The monoisotopic (exact) mass is 375 g/mol. The quantitative estimate of drug-likeness (QED) is 0.820. The highest BCUT2D eigenvalue weighted by Gasteiger charge is 2.23. The van der Waals surface area contributed by atoms with Gasteiger partial charge in [0.15, 0.2) is 0 Å². The van der Waals surface area contributed by atoms with Gasteiger partial charge in [-0.15, -0.1) is 0 Å². The van der Waals surface area contributed by atoms with Crippen molar-refractivity contribution < 1.29 is 9.53 Å². The number of nitriles is 2. The lowest BCUT2D eigenvalue weighted by Crippen LogP contribution is -2.46. The van der Waals surface area contributed by atoms with E-state index >= 15 is 0 Å². The third-order valence-electron chi connectivity index (χ3n) is 4.52. The second kappa shape index (κ2) is 9.61. The van der Waals surface area contributed by atoms with Gasteiger partial charge in [0.1, 0.15) is 23.9 Å². The van der Waals surface area contributed by atoms with Crippen LogP contribution in [0.2, 0.25) is 0 Å². The zero-order valence-electron chi connectivity index (χ0n) is 15.4. The summed E-state index contributed by atoms with van der Waals surface area (Å²) in [4.78, 5) is 16.4. The van der Waals surface area contributed by atoms with E-state index in [0.717, 1.165) is 29.7 Å². The van der Waals surface area contributed by atoms with Crippen LogP contribution < -0.4 is 10.6 Å². The van der Waals surface area contributed by atoms with Gasteiger partial charge >= 0.3 is 0 Å². The maximum absolute atomic E-state index is 12.3. The Bertz CT molecular complexity index is 873. The molecule has 7 nitrogen and oxygen atoms in total. The first-order valence-electron chi connectivity index (χ1n) is 9.17. The molecule has 1 aliphatic rings. The maximum atomic E-state index is 12.3. The Kier molecular flexibility index (Phi) is 6.69. The van der Waals surface area contributed by atoms with Crippen LogP contribution in [0.3, 0.4) is 0 Å². The summed E-state index contributed by atoms with van der Waals surface area (Å²) in [5.41, 5.74) is 3.20. The summed E-state index contributed by atoms with van der Waals surface area (Å²) < 4.78 is 5.53. The van der Waals surface area contributed by atoms with Gasteiger partial charge in [-0.25, -0.2) is 4.98 Å². The van der Waals surface area contributed by atoms with Crippen LogP contribution in [-0.2, 0) is 16.0 Å². The Balaban J connectivity index is 1.60. The number of carbonyl (C=O) groups is 1. The number of hydrogen-bond acceptors (Lipinski definition) is 6. The molecule has 2 N–H and O–H groups in total. The number of benzene rings is 1. The van der Waals surface area contributed by atoms with Crippen molar-refractivity contribution in [1.82, 2.24) is 15.6 Å². The molecular weight excluding hydrogens is 354 g/mol. The molecule has 1 aromatic heterocycles. The molecule has 3 rings (SSSR count). The van der Waals surface area contributed by atoms with E-state index in [1.165, 1.54) is 0 Å². The summed E-state index contributed by atoms with van der Waals surface area (Å²) in [5, 5.41) is 24.2. The molecule has 142 valence electrons. The van der Waals surface area contributed by atoms with Gasteiger partial charge in [-0.2, -0.15) is 10.5 Å². The zero-order valence-corrected chi connectivity index (χ0v) is 15.4. The van der Waals surface area contributed by atoms with Crippen molar-refractivity contribution in [2.75, 3.05) is 19.7 Å². The Morgan fingerprint density at radius 3 is 2.71 bits per heavy atom. The molecule has 1 amide bonds. The summed E-state index contributed by atoms with van der Waals surface area (Å²) >= 11 is 0. The van der Waals surface area contributed by atoms with Crippen molar-refractivity contribution in [2.45, 2.75) is 25.0 Å². The van der Waals surface area contributed by atoms with Crippen LogP contribution in [0.15, 0.2) is 42.6 Å². The molecular formula is C21H21N5O2. The van der Waals surface area contributed by atoms with Gasteiger partial charge < -0.3 is 15.4 Å². The lowest BCUT2D eigenvalue weighted by Gasteiger charge is -2.18. The number of carbonyl (C=O) groups excluding carboxylic acids is 1. The SMILES string of the molecule is N#Cc1ccc(-c2ccc(C[C@@H](C#N)NC(=O)C3CNCCCO3)cc2)cn1. The minimum Gasteiger partial charge on any atom is -0.367 e. The van der Waals surface area contributed by atoms with Crippen molar-refractivity contribution in [2.24, 2.45) is 0 Å². The molecule has 0 radical (unpaired) electrons. The fourth-order valence-electron chi connectivity index (χ4n) is 2.98. The molecule has 0 saturated carbocycles. The Morgan fingerprint density at radius 1 is 1.25 bits per heavy atom. The fourth-order valence-corrected chi connectivity index (χ4v) is 2.98. The highest BCUT2D eigenvalue weighted by atomic mass is 16.5. The number of nitrogens with zero attached hydrogens (tertiary/aromatic N) is 3. The van der Waals surface area contributed by atoms with Crippen LogP contribution in [0.1, 0.15) is 17.7 Å². The standard InChI is InChI=1S/C21H21N5O2/c22-11-18-7-6-17(13-25-18)16-4-2-15(3-5-16)10-19(12-23)26-21(27)20-14-24-8-1-9-28-20/h2-7,13,19-20,24H,1,8-10,14H2,(H,26,27)/t19-,20?/m0/s1. The van der Waals surface area contributed by atoms with Crippen molar-refractivity contribution in [3.63, 3.8) is 0 Å². The molecule has 28 heavy (non-hydrogen) atoms. The average molecular weight is 375 g/mol. The fraction of sp³-hybridized carbons (Fsp3) is 0.333. The molecule has 2 atom stereocenters. The summed E-state index contributed by atoms with van der Waals surface area (Å²) in [6.07, 6.45) is 2.37. The first-order chi connectivity index (χ1) is 13.7. The van der Waals surface area contributed by atoms with Crippen molar-refractivity contribution in [3.8, 4) is 23.3 Å². The largest absolute Gasteiger partial charge is 0.367 e.